The fourth-order valence-electron chi connectivity index (χ4n) is 3.12. The summed E-state index contributed by atoms with van der Waals surface area (Å²) < 4.78 is 0. The Balaban J connectivity index is 1.59. The highest BCUT2D eigenvalue weighted by molar-refractivity contribution is 7.10. The van der Waals surface area contributed by atoms with Crippen LogP contribution in [0.15, 0.2) is 72.4 Å². The fourth-order valence-corrected chi connectivity index (χ4v) is 4.07. The number of hydrogen-bond acceptors (Lipinski definition) is 4. The molecule has 4 rings (SSSR count). The Morgan fingerprint density at radius 1 is 0.923 bits per heavy atom. The van der Waals surface area contributed by atoms with E-state index in [0.29, 0.717) is 0 Å². The van der Waals surface area contributed by atoms with Crippen molar-refractivity contribution in [2.45, 2.75) is 26.6 Å². The predicted molar refractivity (Wildman–Crippen MR) is 108 cm³/mol. The molecule has 0 unspecified atom stereocenters. The van der Waals surface area contributed by atoms with Crippen molar-refractivity contribution in [1.29, 1.82) is 0 Å². The normalized spacial score (nSPS) is 11.3. The lowest BCUT2D eigenvalue weighted by Crippen LogP contribution is -2.23. The number of thiophene rings is 1. The topological polar surface area (TPSA) is 29.0 Å². The average Bonchev–Trinajstić information content (AvgIpc) is 3.07. The first-order chi connectivity index (χ1) is 12.8. The number of benzene rings is 1. The third-order valence-electron chi connectivity index (χ3n) is 4.50. The van der Waals surface area contributed by atoms with Crippen molar-refractivity contribution in [3.05, 3.63) is 94.1 Å². The molecule has 0 aliphatic carbocycles. The van der Waals surface area contributed by atoms with Gasteiger partial charge in [-0.05, 0) is 53.8 Å². The summed E-state index contributed by atoms with van der Waals surface area (Å²) in [5.41, 5.74) is 4.73. The minimum atomic E-state index is 0.824. The molecule has 1 aromatic carbocycles. The molecule has 26 heavy (non-hydrogen) atoms. The summed E-state index contributed by atoms with van der Waals surface area (Å²) >= 11 is 1.82. The van der Waals surface area contributed by atoms with Gasteiger partial charge in [-0.25, -0.2) is 0 Å². The Kier molecular flexibility index (Phi) is 5.04. The van der Waals surface area contributed by atoms with Crippen LogP contribution in [0.3, 0.4) is 0 Å². The van der Waals surface area contributed by atoms with Crippen LogP contribution in [0.25, 0.3) is 10.9 Å². The highest BCUT2D eigenvalue weighted by Crippen LogP contribution is 2.21. The summed E-state index contributed by atoms with van der Waals surface area (Å²) in [6, 6.07) is 18.8. The van der Waals surface area contributed by atoms with Crippen molar-refractivity contribution in [3.8, 4) is 0 Å². The predicted octanol–water partition coefficient (Wildman–Crippen LogP) is 5.20. The van der Waals surface area contributed by atoms with E-state index in [1.807, 2.05) is 35.9 Å². The molecule has 0 aliphatic rings. The molecule has 0 N–H and O–H groups in total. The number of pyridine rings is 2. The monoisotopic (exact) mass is 359 g/mol. The van der Waals surface area contributed by atoms with E-state index in [-0.39, 0.29) is 0 Å². The van der Waals surface area contributed by atoms with Crippen LogP contribution < -0.4 is 0 Å². The average molecular weight is 359 g/mol. The third-order valence-corrected chi connectivity index (χ3v) is 5.51. The lowest BCUT2D eigenvalue weighted by Gasteiger charge is -2.22. The number of aromatic nitrogens is 2. The first kappa shape index (κ1) is 16.9. The van der Waals surface area contributed by atoms with Gasteiger partial charge in [0.15, 0.2) is 0 Å². The molecule has 0 aliphatic heterocycles. The van der Waals surface area contributed by atoms with E-state index in [1.165, 1.54) is 21.4 Å². The van der Waals surface area contributed by atoms with Crippen LogP contribution in [0.2, 0.25) is 0 Å². The van der Waals surface area contributed by atoms with E-state index in [2.05, 4.69) is 69.6 Å². The zero-order chi connectivity index (χ0) is 17.8. The zero-order valence-electron chi connectivity index (χ0n) is 14.8. The minimum absolute atomic E-state index is 0.824. The Morgan fingerprint density at radius 2 is 1.81 bits per heavy atom. The van der Waals surface area contributed by atoms with Crippen LogP contribution in [0.5, 0.6) is 0 Å². The number of rotatable bonds is 6. The van der Waals surface area contributed by atoms with E-state index in [9.17, 15) is 0 Å². The second-order valence-electron chi connectivity index (χ2n) is 6.53. The largest absolute Gasteiger partial charge is 0.288 e. The smallest absolute Gasteiger partial charge is 0.0702 e. The highest BCUT2D eigenvalue weighted by Gasteiger charge is 2.12. The lowest BCUT2D eigenvalue weighted by atomic mass is 10.1. The molecule has 0 atom stereocenters. The molecule has 0 radical (unpaired) electrons. The van der Waals surface area contributed by atoms with Crippen molar-refractivity contribution in [2.24, 2.45) is 0 Å². The van der Waals surface area contributed by atoms with E-state index < -0.39 is 0 Å². The molecule has 4 aromatic rings. The van der Waals surface area contributed by atoms with Gasteiger partial charge in [0.05, 0.1) is 11.2 Å². The Morgan fingerprint density at radius 3 is 2.62 bits per heavy atom. The van der Waals surface area contributed by atoms with E-state index >= 15 is 0 Å². The fraction of sp³-hybridized carbons (Fsp3) is 0.182. The maximum absolute atomic E-state index is 4.62. The maximum Gasteiger partial charge on any atom is 0.0702 e. The zero-order valence-corrected chi connectivity index (χ0v) is 15.6. The van der Waals surface area contributed by atoms with E-state index in [0.717, 1.165) is 30.8 Å². The van der Waals surface area contributed by atoms with Crippen LogP contribution in [0, 0.1) is 6.92 Å². The van der Waals surface area contributed by atoms with Gasteiger partial charge in [-0.15, -0.1) is 11.3 Å². The van der Waals surface area contributed by atoms with Crippen molar-refractivity contribution < 1.29 is 0 Å². The molecule has 3 heterocycles. The Bertz CT molecular complexity index is 994. The first-order valence-electron chi connectivity index (χ1n) is 8.77. The molecular formula is C22H21N3S. The number of nitrogens with zero attached hydrogens (tertiary/aromatic N) is 3. The number of para-hydroxylation sites is 1. The SMILES string of the molecule is Cc1ccsc1CN(Cc1cnc2ccccc2c1)Cc1ccccn1. The van der Waals surface area contributed by atoms with Crippen LogP contribution >= 0.6 is 11.3 Å². The first-order valence-corrected chi connectivity index (χ1v) is 9.65. The van der Waals surface area contributed by atoms with Crippen LogP contribution in [0.1, 0.15) is 21.7 Å². The van der Waals surface area contributed by atoms with Gasteiger partial charge in [-0.1, -0.05) is 24.3 Å². The van der Waals surface area contributed by atoms with Gasteiger partial charge in [-0.3, -0.25) is 14.9 Å². The Labute approximate surface area is 158 Å². The maximum atomic E-state index is 4.62. The van der Waals surface area contributed by atoms with Crippen LogP contribution in [-0.2, 0) is 19.6 Å². The molecule has 0 saturated carbocycles. The summed E-state index contributed by atoms with van der Waals surface area (Å²) in [7, 11) is 0. The number of aryl methyl sites for hydroxylation is 1. The molecular weight excluding hydrogens is 338 g/mol. The Hall–Kier alpha value is -2.56. The second-order valence-corrected chi connectivity index (χ2v) is 7.53. The van der Waals surface area contributed by atoms with Gasteiger partial charge in [0.2, 0.25) is 0 Å². The molecule has 0 bridgehead atoms. The third kappa shape index (κ3) is 3.98. The summed E-state index contributed by atoms with van der Waals surface area (Å²) in [5.74, 6) is 0. The standard InChI is InChI=1S/C22H21N3S/c1-17-9-11-26-22(17)16-25(15-20-7-4-5-10-23-20)14-18-12-19-6-2-3-8-21(19)24-13-18/h2-13H,14-16H2,1H3. The summed E-state index contributed by atoms with van der Waals surface area (Å²) in [4.78, 5) is 13.0. The van der Waals surface area contributed by atoms with Crippen molar-refractivity contribution >= 4 is 22.2 Å². The van der Waals surface area contributed by atoms with Gasteiger partial charge in [-0.2, -0.15) is 0 Å². The molecule has 0 saturated heterocycles. The summed E-state index contributed by atoms with van der Waals surface area (Å²) in [6.07, 6.45) is 3.86. The second kappa shape index (κ2) is 7.77. The summed E-state index contributed by atoms with van der Waals surface area (Å²) in [6.45, 7) is 4.78. The quantitative estimate of drug-likeness (QED) is 0.474. The molecule has 0 amide bonds. The van der Waals surface area contributed by atoms with Crippen LogP contribution in [0.4, 0.5) is 0 Å². The van der Waals surface area contributed by atoms with Crippen LogP contribution in [-0.4, -0.2) is 14.9 Å². The molecule has 0 fully saturated rings. The molecule has 3 nitrogen and oxygen atoms in total. The van der Waals surface area contributed by atoms with Gasteiger partial charge in [0, 0.05) is 42.3 Å². The molecule has 3 aromatic heterocycles. The van der Waals surface area contributed by atoms with Crippen molar-refractivity contribution in [2.75, 3.05) is 0 Å². The van der Waals surface area contributed by atoms with Crippen molar-refractivity contribution in [3.63, 3.8) is 0 Å². The van der Waals surface area contributed by atoms with Crippen molar-refractivity contribution in [1.82, 2.24) is 14.9 Å². The van der Waals surface area contributed by atoms with Gasteiger partial charge >= 0.3 is 0 Å². The van der Waals surface area contributed by atoms with Gasteiger partial charge < -0.3 is 0 Å². The summed E-state index contributed by atoms with van der Waals surface area (Å²) in [5, 5.41) is 3.36. The van der Waals surface area contributed by atoms with E-state index in [4.69, 9.17) is 0 Å². The molecule has 0 spiro atoms. The highest BCUT2D eigenvalue weighted by atomic mass is 32.1. The number of fused-ring (bicyclic) bond motifs is 1. The van der Waals surface area contributed by atoms with Gasteiger partial charge in [0.25, 0.3) is 0 Å². The molecule has 4 heteroatoms. The number of hydrogen-bond donors (Lipinski definition) is 0. The minimum Gasteiger partial charge on any atom is -0.288 e. The van der Waals surface area contributed by atoms with Gasteiger partial charge in [0.1, 0.15) is 0 Å². The van der Waals surface area contributed by atoms with E-state index in [1.54, 1.807) is 0 Å². The lowest BCUT2D eigenvalue weighted by molar-refractivity contribution is 0.246. The molecule has 130 valence electrons.